The van der Waals surface area contributed by atoms with E-state index in [2.05, 4.69) is 0 Å². The van der Waals surface area contributed by atoms with Gasteiger partial charge in [-0.3, -0.25) is 4.79 Å². The number of hydrogen-bond acceptors (Lipinski definition) is 5. The molecule has 2 aromatic carbocycles. The van der Waals surface area contributed by atoms with Crippen LogP contribution in [0.1, 0.15) is 41.2 Å². The van der Waals surface area contributed by atoms with Crippen molar-refractivity contribution in [3.05, 3.63) is 81.5 Å². The van der Waals surface area contributed by atoms with Gasteiger partial charge in [-0.05, 0) is 59.0 Å². The highest BCUT2D eigenvalue weighted by Gasteiger charge is 2.20. The van der Waals surface area contributed by atoms with Crippen LogP contribution in [-0.2, 0) is 11.4 Å². The summed E-state index contributed by atoms with van der Waals surface area (Å²) in [5.74, 6) is 0.224. The Morgan fingerprint density at radius 3 is 2.70 bits per heavy atom. The molecule has 0 aliphatic rings. The van der Waals surface area contributed by atoms with E-state index in [0.29, 0.717) is 30.1 Å². The number of carboxylic acids is 1. The van der Waals surface area contributed by atoms with Crippen molar-refractivity contribution < 1.29 is 19.4 Å². The number of aryl methyl sites for hydroxylation is 1. The van der Waals surface area contributed by atoms with E-state index in [1.54, 1.807) is 29.5 Å². The van der Waals surface area contributed by atoms with Crippen LogP contribution in [-0.4, -0.2) is 16.1 Å². The molecule has 0 saturated heterocycles. The first-order valence-electron chi connectivity index (χ1n) is 9.45. The zero-order chi connectivity index (χ0) is 21.5. The molecule has 0 spiro atoms. The Morgan fingerprint density at radius 2 is 2.03 bits per heavy atom. The summed E-state index contributed by atoms with van der Waals surface area (Å²) < 4.78 is 12.2. The van der Waals surface area contributed by atoms with Gasteiger partial charge in [-0.1, -0.05) is 36.5 Å². The zero-order valence-corrected chi connectivity index (χ0v) is 18.2. The van der Waals surface area contributed by atoms with E-state index in [1.165, 1.54) is 0 Å². The molecule has 1 atom stereocenters. The van der Waals surface area contributed by atoms with E-state index in [-0.39, 0.29) is 11.4 Å². The topological polar surface area (TPSA) is 81.8 Å². The fourth-order valence-corrected chi connectivity index (χ4v) is 3.89. The van der Waals surface area contributed by atoms with Crippen molar-refractivity contribution in [1.82, 2.24) is 0 Å². The summed E-state index contributed by atoms with van der Waals surface area (Å²) in [7, 11) is 0. The summed E-state index contributed by atoms with van der Waals surface area (Å²) in [6.07, 6.45) is -0.158. The lowest BCUT2D eigenvalue weighted by molar-refractivity contribution is -0.137. The van der Waals surface area contributed by atoms with Gasteiger partial charge in [0.15, 0.2) is 0 Å². The maximum absolute atomic E-state index is 11.2. The maximum Gasteiger partial charge on any atom is 0.303 e. The minimum atomic E-state index is -0.875. The molecular formula is C23H23NO4S2. The number of carboxylic acid groups (broad SMARTS) is 1. The Kier molecular flexibility index (Phi) is 7.43. The molecule has 3 N–H and O–H groups in total. The summed E-state index contributed by atoms with van der Waals surface area (Å²) in [4.78, 5) is 11.4. The summed E-state index contributed by atoms with van der Waals surface area (Å²) >= 11 is 6.80. The standard InChI is InChI=1S/C23H23NO4S2/c1-15-4-2-3-5-18(15)20(8-9-22(25)26)28-21-12-17(6-7-19(21)23(24)29)27-13-16-10-11-30-14-16/h2-7,10-12,14,20H,8-9,13H2,1H3,(H2,24,29)(H,25,26). The SMILES string of the molecule is Cc1ccccc1C(CCC(=O)O)Oc1cc(OCc2ccsc2)ccc1C(N)=S. The molecule has 5 nitrogen and oxygen atoms in total. The molecule has 7 heteroatoms. The zero-order valence-electron chi connectivity index (χ0n) is 16.5. The first kappa shape index (κ1) is 21.8. The lowest BCUT2D eigenvalue weighted by Gasteiger charge is -2.23. The normalized spacial score (nSPS) is 11.6. The fraction of sp³-hybridized carbons (Fsp3) is 0.217. The molecule has 0 aliphatic heterocycles. The van der Waals surface area contributed by atoms with Crippen LogP contribution >= 0.6 is 23.6 Å². The van der Waals surface area contributed by atoms with Crippen molar-refractivity contribution in [2.75, 3.05) is 0 Å². The lowest BCUT2D eigenvalue weighted by Crippen LogP contribution is -2.16. The predicted molar refractivity (Wildman–Crippen MR) is 122 cm³/mol. The molecule has 0 amide bonds. The second-order valence-electron chi connectivity index (χ2n) is 6.84. The van der Waals surface area contributed by atoms with Gasteiger partial charge in [0.2, 0.25) is 0 Å². The van der Waals surface area contributed by atoms with Gasteiger partial charge in [-0.2, -0.15) is 11.3 Å². The van der Waals surface area contributed by atoms with Gasteiger partial charge in [-0.15, -0.1) is 0 Å². The largest absolute Gasteiger partial charge is 0.489 e. The lowest BCUT2D eigenvalue weighted by atomic mass is 9.99. The molecule has 0 bridgehead atoms. The molecule has 0 saturated carbocycles. The number of benzene rings is 2. The van der Waals surface area contributed by atoms with E-state index in [1.807, 2.05) is 48.0 Å². The van der Waals surface area contributed by atoms with Crippen LogP contribution in [0.15, 0.2) is 59.3 Å². The fourth-order valence-electron chi connectivity index (χ4n) is 3.07. The quantitative estimate of drug-likeness (QED) is 0.418. The minimum absolute atomic E-state index is 0.0181. The third-order valence-corrected chi connectivity index (χ3v) is 5.58. The molecule has 0 aliphatic carbocycles. The third kappa shape index (κ3) is 5.81. The van der Waals surface area contributed by atoms with E-state index in [9.17, 15) is 9.90 Å². The Bertz CT molecular complexity index is 1020. The molecule has 30 heavy (non-hydrogen) atoms. The van der Waals surface area contributed by atoms with Gasteiger partial charge >= 0.3 is 5.97 Å². The number of thiophene rings is 1. The monoisotopic (exact) mass is 441 g/mol. The highest BCUT2D eigenvalue weighted by Crippen LogP contribution is 2.33. The number of aliphatic carboxylic acids is 1. The smallest absolute Gasteiger partial charge is 0.303 e. The predicted octanol–water partition coefficient (Wildman–Crippen LogP) is 5.25. The highest BCUT2D eigenvalue weighted by atomic mass is 32.1. The van der Waals surface area contributed by atoms with Gasteiger partial charge in [0.1, 0.15) is 29.2 Å². The second kappa shape index (κ2) is 10.2. The molecule has 156 valence electrons. The summed E-state index contributed by atoms with van der Waals surface area (Å²) in [5, 5.41) is 13.2. The third-order valence-electron chi connectivity index (χ3n) is 4.63. The Balaban J connectivity index is 1.88. The minimum Gasteiger partial charge on any atom is -0.489 e. The molecule has 1 heterocycles. The Morgan fingerprint density at radius 1 is 1.23 bits per heavy atom. The van der Waals surface area contributed by atoms with Crippen molar-refractivity contribution in [2.45, 2.75) is 32.5 Å². The van der Waals surface area contributed by atoms with Crippen LogP contribution in [0.3, 0.4) is 0 Å². The van der Waals surface area contributed by atoms with Gasteiger partial charge in [-0.25, -0.2) is 0 Å². The van der Waals surface area contributed by atoms with Crippen molar-refractivity contribution in [3.8, 4) is 11.5 Å². The number of nitrogens with two attached hydrogens (primary N) is 1. The highest BCUT2D eigenvalue weighted by molar-refractivity contribution is 7.80. The van der Waals surface area contributed by atoms with Gasteiger partial charge in [0.25, 0.3) is 0 Å². The van der Waals surface area contributed by atoms with Crippen molar-refractivity contribution in [3.63, 3.8) is 0 Å². The van der Waals surface area contributed by atoms with Crippen LogP contribution in [0.25, 0.3) is 0 Å². The molecule has 3 aromatic rings. The molecular weight excluding hydrogens is 418 g/mol. The summed E-state index contributed by atoms with van der Waals surface area (Å²) in [6.45, 7) is 2.41. The van der Waals surface area contributed by atoms with E-state index in [4.69, 9.17) is 27.4 Å². The van der Waals surface area contributed by atoms with Crippen LogP contribution in [0, 0.1) is 6.92 Å². The number of ether oxygens (including phenoxy) is 2. The molecule has 1 aromatic heterocycles. The van der Waals surface area contributed by atoms with E-state index in [0.717, 1.165) is 16.7 Å². The van der Waals surface area contributed by atoms with Gasteiger partial charge in [0, 0.05) is 12.5 Å². The first-order valence-corrected chi connectivity index (χ1v) is 10.8. The number of thiocarbonyl (C=S) groups is 1. The van der Waals surface area contributed by atoms with Crippen LogP contribution in [0.5, 0.6) is 11.5 Å². The van der Waals surface area contributed by atoms with Gasteiger partial charge in [0.05, 0.1) is 5.56 Å². The molecule has 3 rings (SSSR count). The molecule has 0 fully saturated rings. The van der Waals surface area contributed by atoms with Crippen molar-refractivity contribution >= 4 is 34.5 Å². The Hall–Kier alpha value is -2.90. The summed E-state index contributed by atoms with van der Waals surface area (Å²) in [5.41, 5.74) is 9.52. The van der Waals surface area contributed by atoms with Crippen LogP contribution in [0.2, 0.25) is 0 Å². The van der Waals surface area contributed by atoms with Crippen molar-refractivity contribution in [2.24, 2.45) is 5.73 Å². The Labute approximate surface area is 185 Å². The average Bonchev–Trinajstić information content (AvgIpc) is 3.23. The van der Waals surface area contributed by atoms with Crippen molar-refractivity contribution in [1.29, 1.82) is 0 Å². The second-order valence-corrected chi connectivity index (χ2v) is 8.06. The summed E-state index contributed by atoms with van der Waals surface area (Å²) in [6, 6.07) is 15.1. The maximum atomic E-state index is 11.2. The molecule has 0 radical (unpaired) electrons. The van der Waals surface area contributed by atoms with Crippen LogP contribution in [0.4, 0.5) is 0 Å². The number of carbonyl (C=O) groups is 1. The van der Waals surface area contributed by atoms with Crippen LogP contribution < -0.4 is 15.2 Å². The number of rotatable bonds is 10. The van der Waals surface area contributed by atoms with E-state index >= 15 is 0 Å². The number of hydrogen-bond donors (Lipinski definition) is 2. The molecule has 1 unspecified atom stereocenters. The average molecular weight is 442 g/mol. The van der Waals surface area contributed by atoms with Gasteiger partial charge < -0.3 is 20.3 Å². The first-order chi connectivity index (χ1) is 14.4. The van der Waals surface area contributed by atoms with E-state index < -0.39 is 12.1 Å².